The zero-order chi connectivity index (χ0) is 26.2. The lowest BCUT2D eigenvalue weighted by atomic mass is 9.92. The number of hydrogen-bond donors (Lipinski definition) is 1. The Kier molecular flexibility index (Phi) is 5.88. The Bertz CT molecular complexity index is 1740. The molecule has 1 aliphatic heterocycles. The van der Waals surface area contributed by atoms with E-state index in [1.54, 1.807) is 0 Å². The molecule has 0 bridgehead atoms. The highest BCUT2D eigenvalue weighted by Crippen LogP contribution is 2.47. The number of anilines is 5. The van der Waals surface area contributed by atoms with Gasteiger partial charge in [0.05, 0.1) is 10.7 Å². The number of para-hydroxylation sites is 3. The number of nitrogens with zero attached hydrogens (tertiary/aromatic N) is 1. The standard InChI is InChI=1S/C36H25ClN2/c37-34-17-9-16-32-30-14-7-8-15-31(30)33-24-26(20-23-35(33)38-36(32)34)25-18-21-29(22-19-25)39(27-10-3-1-4-11-27)28-12-5-2-6-13-28/h1-24,38H. The molecule has 0 fully saturated rings. The van der Waals surface area contributed by atoms with Crippen molar-refractivity contribution in [2.24, 2.45) is 0 Å². The molecule has 0 radical (unpaired) electrons. The predicted octanol–water partition coefficient (Wildman–Crippen LogP) is 10.9. The Hall–Kier alpha value is -4.79. The van der Waals surface area contributed by atoms with Crippen LogP contribution in [0.5, 0.6) is 0 Å². The molecule has 6 aromatic rings. The van der Waals surface area contributed by atoms with E-state index in [1.165, 1.54) is 22.3 Å². The molecule has 0 saturated carbocycles. The van der Waals surface area contributed by atoms with Crippen molar-refractivity contribution in [3.05, 3.63) is 151 Å². The highest BCUT2D eigenvalue weighted by Gasteiger charge is 2.21. The molecule has 0 spiro atoms. The number of halogens is 1. The fourth-order valence-corrected chi connectivity index (χ4v) is 5.64. The lowest BCUT2D eigenvalue weighted by Gasteiger charge is -2.25. The van der Waals surface area contributed by atoms with Crippen molar-refractivity contribution in [2.75, 3.05) is 10.2 Å². The van der Waals surface area contributed by atoms with Gasteiger partial charge in [0, 0.05) is 33.9 Å². The van der Waals surface area contributed by atoms with E-state index in [0.717, 1.165) is 44.6 Å². The second kappa shape index (κ2) is 9.83. The second-order valence-corrected chi connectivity index (χ2v) is 10.1. The average Bonchev–Trinajstić information content (AvgIpc) is 3.14. The van der Waals surface area contributed by atoms with Crippen LogP contribution < -0.4 is 10.2 Å². The van der Waals surface area contributed by atoms with Crippen LogP contribution in [0, 0.1) is 0 Å². The molecular weight excluding hydrogens is 496 g/mol. The fourth-order valence-electron chi connectivity index (χ4n) is 5.42. The maximum Gasteiger partial charge on any atom is 0.0653 e. The van der Waals surface area contributed by atoms with E-state index in [4.69, 9.17) is 11.6 Å². The van der Waals surface area contributed by atoms with Crippen molar-refractivity contribution in [1.29, 1.82) is 0 Å². The van der Waals surface area contributed by atoms with Crippen LogP contribution in [0.2, 0.25) is 5.02 Å². The lowest BCUT2D eigenvalue weighted by molar-refractivity contribution is 1.28. The van der Waals surface area contributed by atoms with Gasteiger partial charge in [-0.05, 0) is 76.9 Å². The minimum atomic E-state index is 0.719. The summed E-state index contributed by atoms with van der Waals surface area (Å²) < 4.78 is 0. The first-order valence-electron chi connectivity index (χ1n) is 13.1. The minimum Gasteiger partial charge on any atom is -0.353 e. The summed E-state index contributed by atoms with van der Waals surface area (Å²) in [6.45, 7) is 0. The van der Waals surface area contributed by atoms with Crippen LogP contribution in [0.4, 0.5) is 28.4 Å². The Labute approximate surface area is 233 Å². The summed E-state index contributed by atoms with van der Waals surface area (Å²) in [4.78, 5) is 2.28. The number of hydrogen-bond acceptors (Lipinski definition) is 2. The van der Waals surface area contributed by atoms with Gasteiger partial charge in [0.2, 0.25) is 0 Å². The number of nitrogens with one attached hydrogen (secondary N) is 1. The van der Waals surface area contributed by atoms with Gasteiger partial charge >= 0.3 is 0 Å². The molecule has 7 rings (SSSR count). The van der Waals surface area contributed by atoms with Gasteiger partial charge in [-0.2, -0.15) is 0 Å². The van der Waals surface area contributed by atoms with Gasteiger partial charge in [0.25, 0.3) is 0 Å². The quantitative estimate of drug-likeness (QED) is 0.248. The molecule has 0 unspecified atom stereocenters. The Morgan fingerprint density at radius 1 is 0.436 bits per heavy atom. The van der Waals surface area contributed by atoms with Gasteiger partial charge in [-0.3, -0.25) is 0 Å². The largest absolute Gasteiger partial charge is 0.353 e. The first-order valence-corrected chi connectivity index (χ1v) is 13.4. The smallest absolute Gasteiger partial charge is 0.0653 e. The van der Waals surface area contributed by atoms with E-state index < -0.39 is 0 Å². The van der Waals surface area contributed by atoms with Gasteiger partial charge in [0.15, 0.2) is 0 Å². The van der Waals surface area contributed by atoms with E-state index in [1.807, 2.05) is 24.3 Å². The van der Waals surface area contributed by atoms with E-state index in [0.29, 0.717) is 0 Å². The van der Waals surface area contributed by atoms with E-state index in [2.05, 4.69) is 132 Å². The fraction of sp³-hybridized carbons (Fsp3) is 0. The van der Waals surface area contributed by atoms with Crippen LogP contribution in [-0.4, -0.2) is 0 Å². The lowest BCUT2D eigenvalue weighted by Crippen LogP contribution is -2.09. The summed E-state index contributed by atoms with van der Waals surface area (Å²) >= 11 is 6.64. The highest BCUT2D eigenvalue weighted by molar-refractivity contribution is 6.34. The average molecular weight is 521 g/mol. The third-order valence-electron chi connectivity index (χ3n) is 7.29. The van der Waals surface area contributed by atoms with Crippen LogP contribution >= 0.6 is 11.6 Å². The van der Waals surface area contributed by atoms with Crippen LogP contribution in [0.25, 0.3) is 33.4 Å². The van der Waals surface area contributed by atoms with Gasteiger partial charge in [0.1, 0.15) is 0 Å². The summed E-state index contributed by atoms with van der Waals surface area (Å²) in [7, 11) is 0. The van der Waals surface area contributed by atoms with Gasteiger partial charge in [-0.1, -0.05) is 103 Å². The van der Waals surface area contributed by atoms with Crippen molar-refractivity contribution in [1.82, 2.24) is 0 Å². The van der Waals surface area contributed by atoms with Crippen molar-refractivity contribution in [3.63, 3.8) is 0 Å². The van der Waals surface area contributed by atoms with E-state index in [-0.39, 0.29) is 0 Å². The monoisotopic (exact) mass is 520 g/mol. The molecule has 0 aliphatic carbocycles. The molecule has 1 N–H and O–H groups in total. The number of benzene rings is 6. The summed E-state index contributed by atoms with van der Waals surface area (Å²) in [5.41, 5.74) is 12.3. The molecular formula is C36H25ClN2. The number of rotatable bonds is 4. The highest BCUT2D eigenvalue weighted by atomic mass is 35.5. The Morgan fingerprint density at radius 3 is 1.64 bits per heavy atom. The van der Waals surface area contributed by atoms with Crippen LogP contribution in [0.15, 0.2) is 146 Å². The molecule has 6 aromatic carbocycles. The van der Waals surface area contributed by atoms with Crippen LogP contribution in [-0.2, 0) is 0 Å². The molecule has 3 heteroatoms. The first kappa shape index (κ1) is 23.3. The molecule has 0 amide bonds. The minimum absolute atomic E-state index is 0.719. The molecule has 39 heavy (non-hydrogen) atoms. The topological polar surface area (TPSA) is 15.3 Å². The third-order valence-corrected chi connectivity index (χ3v) is 7.60. The van der Waals surface area contributed by atoms with Gasteiger partial charge < -0.3 is 10.2 Å². The van der Waals surface area contributed by atoms with Gasteiger partial charge in [-0.25, -0.2) is 0 Å². The molecule has 0 aromatic heterocycles. The third kappa shape index (κ3) is 4.25. The Morgan fingerprint density at radius 2 is 0.974 bits per heavy atom. The molecule has 186 valence electrons. The van der Waals surface area contributed by atoms with E-state index >= 15 is 0 Å². The predicted molar refractivity (Wildman–Crippen MR) is 166 cm³/mol. The van der Waals surface area contributed by atoms with Crippen molar-refractivity contribution in [3.8, 4) is 33.4 Å². The summed E-state index contributed by atoms with van der Waals surface area (Å²) in [5, 5.41) is 4.34. The summed E-state index contributed by atoms with van der Waals surface area (Å²) in [6, 6.07) is 51.0. The normalized spacial score (nSPS) is 11.4. The molecule has 0 saturated heterocycles. The summed E-state index contributed by atoms with van der Waals surface area (Å²) in [5.74, 6) is 0. The maximum atomic E-state index is 6.64. The van der Waals surface area contributed by atoms with Crippen molar-refractivity contribution in [2.45, 2.75) is 0 Å². The van der Waals surface area contributed by atoms with Gasteiger partial charge in [-0.15, -0.1) is 0 Å². The van der Waals surface area contributed by atoms with Crippen molar-refractivity contribution >= 4 is 40.0 Å². The SMILES string of the molecule is Clc1cccc2c1Nc1ccc(-c3ccc(N(c4ccccc4)c4ccccc4)cc3)cc1-c1ccccc1-2. The molecule has 1 heterocycles. The first-order chi connectivity index (χ1) is 19.3. The van der Waals surface area contributed by atoms with Crippen LogP contribution in [0.1, 0.15) is 0 Å². The molecule has 1 aliphatic rings. The molecule has 0 atom stereocenters. The summed E-state index contributed by atoms with van der Waals surface area (Å²) in [6.07, 6.45) is 0. The Balaban J connectivity index is 1.30. The van der Waals surface area contributed by atoms with Crippen LogP contribution in [0.3, 0.4) is 0 Å². The maximum absolute atomic E-state index is 6.64. The number of fused-ring (bicyclic) bond motifs is 5. The molecule has 2 nitrogen and oxygen atoms in total. The van der Waals surface area contributed by atoms with E-state index in [9.17, 15) is 0 Å². The zero-order valence-corrected chi connectivity index (χ0v) is 21.9. The van der Waals surface area contributed by atoms with Crippen molar-refractivity contribution < 1.29 is 0 Å². The second-order valence-electron chi connectivity index (χ2n) is 9.65. The zero-order valence-electron chi connectivity index (χ0n) is 21.2.